The molecule has 6 N–H and O–H groups in total. The molecule has 0 aliphatic carbocycles. The van der Waals surface area contributed by atoms with Crippen molar-refractivity contribution >= 4 is 0 Å². The molecule has 4 rings (SSSR count). The highest BCUT2D eigenvalue weighted by Gasteiger charge is 2.16. The number of rotatable bonds is 60. The minimum absolute atomic E-state index is 0.0492. The van der Waals surface area contributed by atoms with E-state index >= 15 is 0 Å². The van der Waals surface area contributed by atoms with Crippen LogP contribution in [0.15, 0.2) is 54.6 Å². The summed E-state index contributed by atoms with van der Waals surface area (Å²) < 4.78 is 102. The van der Waals surface area contributed by atoms with Gasteiger partial charge in [-0.15, -0.1) is 0 Å². The second kappa shape index (κ2) is 60.5. The van der Waals surface area contributed by atoms with Gasteiger partial charge in [0.1, 0.15) is 0 Å². The van der Waals surface area contributed by atoms with Crippen LogP contribution in [0, 0.1) is 69.5 Å². The monoisotopic (exact) mass is 1430 g/mol. The third-order valence-electron chi connectivity index (χ3n) is 13.7. The van der Waals surface area contributed by atoms with Crippen LogP contribution in [0.1, 0.15) is 83.5 Å². The fourth-order valence-corrected chi connectivity index (χ4v) is 9.03. The molecule has 0 radical (unpaired) electrons. The van der Waals surface area contributed by atoms with Gasteiger partial charge in [0.15, 0.2) is 0 Å². The number of hydrogen-bond acceptors (Lipinski definition) is 27. The van der Waals surface area contributed by atoms with Gasteiger partial charge in [0.05, 0.1) is 312 Å². The van der Waals surface area contributed by atoms with Crippen LogP contribution in [-0.4, -0.2) is 268 Å². The van der Waals surface area contributed by atoms with Crippen LogP contribution < -0.4 is 0 Å². The molecule has 27 heteroatoms. The van der Waals surface area contributed by atoms with Crippen molar-refractivity contribution in [3.63, 3.8) is 0 Å². The average molecular weight is 1430 g/mol. The van der Waals surface area contributed by atoms with E-state index in [2.05, 4.69) is 53.7 Å². The van der Waals surface area contributed by atoms with Crippen LogP contribution in [0.25, 0.3) is 0 Å². The summed E-state index contributed by atoms with van der Waals surface area (Å²) in [5.41, 5.74) is 7.67. The number of aliphatic hydroxyl groups excluding tert-OH is 6. The summed E-state index contributed by atoms with van der Waals surface area (Å²) in [6.45, 7) is 7.47. The van der Waals surface area contributed by atoms with Crippen LogP contribution in [-0.2, 0) is 125 Å². The van der Waals surface area contributed by atoms with Crippen LogP contribution in [0.3, 0.4) is 0 Å². The van der Waals surface area contributed by atoms with Crippen molar-refractivity contribution in [3.8, 4) is 53.7 Å². The minimum Gasteiger partial charge on any atom is -0.394 e. The quantitative estimate of drug-likeness (QED) is 0.0273. The molecule has 0 aliphatic heterocycles. The summed E-state index contributed by atoms with van der Waals surface area (Å²) in [5, 5.41) is 85.8. The Labute approximate surface area is 598 Å². The number of benzene rings is 4. The van der Waals surface area contributed by atoms with Gasteiger partial charge >= 0.3 is 0 Å². The topological polar surface area (TPSA) is 359 Å². The van der Waals surface area contributed by atoms with Gasteiger partial charge in [0, 0.05) is 33.4 Å². The molecule has 0 saturated heterocycles. The summed E-state index contributed by atoms with van der Waals surface area (Å²) in [6.07, 6.45) is 0. The van der Waals surface area contributed by atoms with Gasteiger partial charge in [-0.2, -0.15) is 15.8 Å². The van der Waals surface area contributed by atoms with E-state index in [0.29, 0.717) is 163 Å². The number of aliphatic hydroxyl groups is 6. The van der Waals surface area contributed by atoms with E-state index < -0.39 is 0 Å². The zero-order valence-electron chi connectivity index (χ0n) is 58.3. The zero-order valence-corrected chi connectivity index (χ0v) is 58.3. The van der Waals surface area contributed by atoms with E-state index in [0.717, 1.165) is 0 Å². The molecule has 27 nitrogen and oxygen atoms in total. The molecule has 4 aromatic carbocycles. The van der Waals surface area contributed by atoms with Crippen LogP contribution in [0.4, 0.5) is 0 Å². The minimum atomic E-state index is -0.0910. The maximum Gasteiger partial charge on any atom is 0.0999 e. The Balaban J connectivity index is 1.84. The SMILES string of the molecule is N#Cc1c(COCCOCCOCCO)cc(C#Cc2cc(C#Cc3cc(COCCOCCOCCO)c(C#N)c(COCCOCCOCCO)c3)cc(C#Cc3cc(COCCOCCOCCO)c(C#N)c(COCCOCCOCCO)c3)c2)cc1COCCOCCOCCO. The molecule has 0 aliphatic rings. The van der Waals surface area contributed by atoms with E-state index in [-0.39, 0.29) is 198 Å². The number of hydrogen-bond donors (Lipinski definition) is 6. The Bertz CT molecular complexity index is 2770. The first-order valence-corrected chi connectivity index (χ1v) is 33.8. The Morgan fingerprint density at radius 3 is 0.451 bits per heavy atom. The largest absolute Gasteiger partial charge is 0.394 e. The summed E-state index contributed by atoms with van der Waals surface area (Å²) in [7, 11) is 0. The van der Waals surface area contributed by atoms with Gasteiger partial charge in [-0.05, 0) is 88.0 Å². The van der Waals surface area contributed by atoms with Gasteiger partial charge in [0.25, 0.3) is 0 Å². The highest BCUT2D eigenvalue weighted by Crippen LogP contribution is 2.24. The van der Waals surface area contributed by atoms with E-state index in [1.165, 1.54) is 0 Å². The molecule has 0 amide bonds. The van der Waals surface area contributed by atoms with Gasteiger partial charge < -0.3 is 116 Å². The molecule has 102 heavy (non-hydrogen) atoms. The average Bonchev–Trinajstić information content (AvgIpc) is 0.839. The lowest BCUT2D eigenvalue weighted by Gasteiger charge is -2.13. The zero-order chi connectivity index (χ0) is 72.8. The lowest BCUT2D eigenvalue weighted by molar-refractivity contribution is 0.00369. The molecule has 0 aromatic heterocycles. The highest BCUT2D eigenvalue weighted by atomic mass is 16.6. The molecule has 0 unspecified atom stereocenters. The molecule has 0 fully saturated rings. The molecular weight excluding hydrogens is 1330 g/mol. The number of nitrogens with zero attached hydrogens (tertiary/aromatic N) is 3. The molecule has 4 aromatic rings. The lowest BCUT2D eigenvalue weighted by atomic mass is 9.98. The Kier molecular flexibility index (Phi) is 51.9. The van der Waals surface area contributed by atoms with E-state index in [1.807, 2.05) is 18.2 Å². The van der Waals surface area contributed by atoms with Gasteiger partial charge in [0.2, 0.25) is 0 Å². The van der Waals surface area contributed by atoms with Crippen molar-refractivity contribution in [1.29, 1.82) is 15.8 Å². The molecule has 0 saturated carbocycles. The smallest absolute Gasteiger partial charge is 0.0999 e. The molecule has 0 bridgehead atoms. The predicted molar refractivity (Wildman–Crippen MR) is 368 cm³/mol. The summed E-state index contributed by atoms with van der Waals surface area (Å²) in [4.78, 5) is 0. The standard InChI is InChI=1S/C75H99N3O24/c76-52-73-67(55-97-37-31-91-25-19-85-13-7-79)46-64(47-68(73)56-98-38-32-92-26-20-86-14-8-80)4-1-61-43-62(2-5-65-48-69(57-99-39-33-93-27-21-87-15-9-81)74(53-77)70(49-65)58-100-40-34-94-28-22-88-16-10-82)45-63(44-61)3-6-66-50-71(59-101-41-35-95-29-23-89-17-11-83)75(54-78)72(51-66)60-102-42-36-96-30-24-90-18-12-84/h43-51,79-84H,7-42,55-60H2. The van der Waals surface area contributed by atoms with Crippen LogP contribution in [0.5, 0.6) is 0 Å². The maximum atomic E-state index is 10.6. The predicted octanol–water partition coefficient (Wildman–Crippen LogP) is 2.75. The second-order valence-corrected chi connectivity index (χ2v) is 21.4. The Hall–Kier alpha value is -6.93. The van der Waals surface area contributed by atoms with E-state index in [4.69, 9.17) is 116 Å². The van der Waals surface area contributed by atoms with E-state index in [1.54, 1.807) is 36.4 Å². The fourth-order valence-electron chi connectivity index (χ4n) is 9.03. The molecule has 0 heterocycles. The van der Waals surface area contributed by atoms with Gasteiger partial charge in [-0.1, -0.05) is 35.5 Å². The van der Waals surface area contributed by atoms with Crippen LogP contribution >= 0.6 is 0 Å². The third-order valence-corrected chi connectivity index (χ3v) is 13.7. The first-order chi connectivity index (χ1) is 50.3. The fraction of sp³-hybridized carbons (Fsp3) is 0.560. The molecular formula is C75H99N3O24. The Morgan fingerprint density at radius 2 is 0.314 bits per heavy atom. The van der Waals surface area contributed by atoms with E-state index in [9.17, 15) is 15.8 Å². The normalized spacial score (nSPS) is 11.0. The molecule has 558 valence electrons. The maximum absolute atomic E-state index is 10.6. The van der Waals surface area contributed by atoms with Crippen molar-refractivity contribution in [2.75, 3.05) is 238 Å². The van der Waals surface area contributed by atoms with Crippen molar-refractivity contribution in [2.24, 2.45) is 0 Å². The van der Waals surface area contributed by atoms with Crippen molar-refractivity contribution in [2.45, 2.75) is 39.6 Å². The molecule has 0 spiro atoms. The summed E-state index contributed by atoms with van der Waals surface area (Å²) >= 11 is 0. The van der Waals surface area contributed by atoms with Crippen molar-refractivity contribution in [1.82, 2.24) is 0 Å². The number of nitriles is 3. The third kappa shape index (κ3) is 40.2. The first-order valence-electron chi connectivity index (χ1n) is 33.8. The highest BCUT2D eigenvalue weighted by molar-refractivity contribution is 5.59. The first kappa shape index (κ1) is 87.5. The van der Waals surface area contributed by atoms with Crippen LogP contribution in [0.2, 0.25) is 0 Å². The Morgan fingerprint density at radius 1 is 0.186 bits per heavy atom. The van der Waals surface area contributed by atoms with Gasteiger partial charge in [-0.3, -0.25) is 0 Å². The second-order valence-electron chi connectivity index (χ2n) is 21.4. The summed E-state index contributed by atoms with van der Waals surface area (Å²) in [5.74, 6) is 19.8. The van der Waals surface area contributed by atoms with Gasteiger partial charge in [-0.25, -0.2) is 0 Å². The molecule has 0 atom stereocenters. The van der Waals surface area contributed by atoms with Crippen molar-refractivity contribution in [3.05, 3.63) is 138 Å². The number of ether oxygens (including phenoxy) is 18. The summed E-state index contributed by atoms with van der Waals surface area (Å²) in [6, 6.07) is 23.2. The lowest BCUT2D eigenvalue weighted by Crippen LogP contribution is -2.12. The van der Waals surface area contributed by atoms with Crippen molar-refractivity contribution < 1.29 is 116 Å².